The molecule has 3 rings (SSSR count). The van der Waals surface area contributed by atoms with Crippen LogP contribution in [0.25, 0.3) is 16.9 Å². The summed E-state index contributed by atoms with van der Waals surface area (Å²) in [5.41, 5.74) is 2.21. The van der Waals surface area contributed by atoms with E-state index >= 15 is 0 Å². The molecule has 0 aliphatic heterocycles. The van der Waals surface area contributed by atoms with E-state index in [9.17, 15) is 0 Å². The minimum absolute atomic E-state index is 0.547. The van der Waals surface area contributed by atoms with Crippen LogP contribution in [-0.2, 0) is 0 Å². The van der Waals surface area contributed by atoms with Crippen LogP contribution >= 0.6 is 23.2 Å². The maximum atomic E-state index is 6.20. The lowest BCUT2D eigenvalue weighted by atomic mass is 10.1. The molecule has 0 amide bonds. The highest BCUT2D eigenvalue weighted by molar-refractivity contribution is 6.36. The molecular formula is C13H9Cl2N3O. The molecule has 19 heavy (non-hydrogen) atoms. The summed E-state index contributed by atoms with van der Waals surface area (Å²) in [7, 11) is 1.59. The summed E-state index contributed by atoms with van der Waals surface area (Å²) in [6.07, 6.45) is 1.66. The number of aromatic nitrogens is 3. The molecule has 0 atom stereocenters. The number of ether oxygens (including phenoxy) is 1. The zero-order valence-electron chi connectivity index (χ0n) is 9.97. The fourth-order valence-electron chi connectivity index (χ4n) is 1.87. The number of halogens is 2. The monoisotopic (exact) mass is 293 g/mol. The molecule has 3 aromatic rings. The van der Waals surface area contributed by atoms with Crippen molar-refractivity contribution < 1.29 is 4.74 Å². The van der Waals surface area contributed by atoms with E-state index in [-0.39, 0.29) is 0 Å². The average Bonchev–Trinajstić information content (AvgIpc) is 2.85. The van der Waals surface area contributed by atoms with Crippen molar-refractivity contribution in [3.05, 3.63) is 46.6 Å². The minimum Gasteiger partial charge on any atom is -0.481 e. The van der Waals surface area contributed by atoms with Gasteiger partial charge < -0.3 is 4.74 Å². The van der Waals surface area contributed by atoms with E-state index < -0.39 is 0 Å². The average molecular weight is 294 g/mol. The Kier molecular flexibility index (Phi) is 3.05. The summed E-state index contributed by atoms with van der Waals surface area (Å²) in [5.74, 6) is 0.594. The minimum atomic E-state index is 0.547. The lowest BCUT2D eigenvalue weighted by Gasteiger charge is -2.08. The Bertz CT molecular complexity index is 755. The predicted octanol–water partition coefficient (Wildman–Crippen LogP) is 3.71. The molecule has 0 aliphatic carbocycles. The first-order valence-corrected chi connectivity index (χ1v) is 6.29. The molecule has 4 nitrogen and oxygen atoms in total. The summed E-state index contributed by atoms with van der Waals surface area (Å²) < 4.78 is 6.92. The topological polar surface area (TPSA) is 39.4 Å². The van der Waals surface area contributed by atoms with Gasteiger partial charge in [0, 0.05) is 22.7 Å². The van der Waals surface area contributed by atoms with Gasteiger partial charge in [0.05, 0.1) is 24.0 Å². The number of benzene rings is 1. The van der Waals surface area contributed by atoms with Gasteiger partial charge in [0.1, 0.15) is 0 Å². The zero-order chi connectivity index (χ0) is 13.4. The third-order valence-corrected chi connectivity index (χ3v) is 3.29. The Morgan fingerprint density at radius 3 is 2.74 bits per heavy atom. The number of rotatable bonds is 2. The van der Waals surface area contributed by atoms with Gasteiger partial charge in [0.2, 0.25) is 5.88 Å². The molecule has 1 aromatic carbocycles. The van der Waals surface area contributed by atoms with Crippen molar-refractivity contribution in [3.63, 3.8) is 0 Å². The first-order valence-electron chi connectivity index (χ1n) is 5.53. The second-order valence-electron chi connectivity index (χ2n) is 3.91. The molecule has 2 aromatic heterocycles. The normalized spacial score (nSPS) is 10.9. The van der Waals surface area contributed by atoms with Gasteiger partial charge in [-0.25, -0.2) is 4.98 Å². The third-order valence-electron chi connectivity index (χ3n) is 2.74. The van der Waals surface area contributed by atoms with Crippen LogP contribution in [0.15, 0.2) is 36.5 Å². The number of hydrogen-bond donors (Lipinski definition) is 0. The molecule has 6 heteroatoms. The first-order chi connectivity index (χ1) is 9.19. The Morgan fingerprint density at radius 1 is 1.16 bits per heavy atom. The maximum Gasteiger partial charge on any atom is 0.218 e. The van der Waals surface area contributed by atoms with Crippen molar-refractivity contribution in [1.29, 1.82) is 0 Å². The van der Waals surface area contributed by atoms with E-state index in [0.717, 1.165) is 5.56 Å². The van der Waals surface area contributed by atoms with Gasteiger partial charge in [-0.3, -0.25) is 0 Å². The molecule has 0 bridgehead atoms. The van der Waals surface area contributed by atoms with Crippen molar-refractivity contribution in [2.24, 2.45) is 0 Å². The van der Waals surface area contributed by atoms with Crippen molar-refractivity contribution in [3.8, 4) is 17.1 Å². The lowest BCUT2D eigenvalue weighted by Crippen LogP contribution is -1.99. The Labute approximate surface area is 119 Å². The molecular weight excluding hydrogens is 285 g/mol. The zero-order valence-corrected chi connectivity index (χ0v) is 11.5. The van der Waals surface area contributed by atoms with Crippen molar-refractivity contribution in [1.82, 2.24) is 14.6 Å². The van der Waals surface area contributed by atoms with E-state index in [1.54, 1.807) is 42.1 Å². The summed E-state index contributed by atoms with van der Waals surface area (Å²) in [4.78, 5) is 4.50. The Balaban J connectivity index is 2.24. The SMILES string of the molecule is COc1cc(-c2ccc(Cl)cc2Cl)nc2ccnn12. The lowest BCUT2D eigenvalue weighted by molar-refractivity contribution is 0.385. The van der Waals surface area contributed by atoms with Crippen molar-refractivity contribution in [2.45, 2.75) is 0 Å². The third kappa shape index (κ3) is 2.13. The highest BCUT2D eigenvalue weighted by Gasteiger charge is 2.11. The largest absolute Gasteiger partial charge is 0.481 e. The quantitative estimate of drug-likeness (QED) is 0.723. The molecule has 0 saturated heterocycles. The van der Waals surface area contributed by atoms with Gasteiger partial charge in [-0.15, -0.1) is 0 Å². The van der Waals surface area contributed by atoms with Gasteiger partial charge in [-0.1, -0.05) is 23.2 Å². The van der Waals surface area contributed by atoms with Crippen LogP contribution < -0.4 is 4.74 Å². The number of hydrogen-bond acceptors (Lipinski definition) is 3. The fraction of sp³-hybridized carbons (Fsp3) is 0.0769. The number of nitrogens with zero attached hydrogens (tertiary/aromatic N) is 3. The molecule has 0 aliphatic rings. The fourth-order valence-corrected chi connectivity index (χ4v) is 2.37. The van der Waals surface area contributed by atoms with Crippen molar-refractivity contribution >= 4 is 28.8 Å². The van der Waals surface area contributed by atoms with Crippen LogP contribution in [0.2, 0.25) is 10.0 Å². The van der Waals surface area contributed by atoms with Gasteiger partial charge >= 0.3 is 0 Å². The van der Waals surface area contributed by atoms with Crippen LogP contribution in [0.4, 0.5) is 0 Å². The second-order valence-corrected chi connectivity index (χ2v) is 4.75. The van der Waals surface area contributed by atoms with E-state index in [0.29, 0.717) is 27.3 Å². The van der Waals surface area contributed by atoms with Crippen LogP contribution in [-0.4, -0.2) is 21.7 Å². The highest BCUT2D eigenvalue weighted by Crippen LogP contribution is 2.31. The van der Waals surface area contributed by atoms with E-state index in [4.69, 9.17) is 27.9 Å². The van der Waals surface area contributed by atoms with Gasteiger partial charge in [0.25, 0.3) is 0 Å². The van der Waals surface area contributed by atoms with Crippen LogP contribution in [0.3, 0.4) is 0 Å². The standard InChI is InChI=1S/C13H9Cl2N3O/c1-19-13-7-11(17-12-4-5-16-18(12)13)9-3-2-8(14)6-10(9)15/h2-7H,1H3. The summed E-state index contributed by atoms with van der Waals surface area (Å²) in [5, 5.41) is 5.27. The van der Waals surface area contributed by atoms with Gasteiger partial charge in [-0.05, 0) is 18.2 Å². The van der Waals surface area contributed by atoms with Crippen LogP contribution in [0, 0.1) is 0 Å². The Morgan fingerprint density at radius 2 is 2.00 bits per heavy atom. The van der Waals surface area contributed by atoms with Gasteiger partial charge in [-0.2, -0.15) is 9.61 Å². The van der Waals surface area contributed by atoms with Crippen molar-refractivity contribution in [2.75, 3.05) is 7.11 Å². The second kappa shape index (κ2) is 4.72. The smallest absolute Gasteiger partial charge is 0.218 e. The Hall–Kier alpha value is -1.78. The summed E-state index contributed by atoms with van der Waals surface area (Å²) in [6, 6.07) is 8.88. The van der Waals surface area contributed by atoms with E-state index in [1.807, 2.05) is 6.07 Å². The molecule has 0 unspecified atom stereocenters. The molecule has 0 fully saturated rings. The number of fused-ring (bicyclic) bond motifs is 1. The molecule has 96 valence electrons. The van der Waals surface area contributed by atoms with E-state index in [2.05, 4.69) is 10.1 Å². The van der Waals surface area contributed by atoms with E-state index in [1.165, 1.54) is 0 Å². The molecule has 0 N–H and O–H groups in total. The molecule has 0 radical (unpaired) electrons. The highest BCUT2D eigenvalue weighted by atomic mass is 35.5. The first kappa shape index (κ1) is 12.3. The van der Waals surface area contributed by atoms with Crippen LogP contribution in [0.1, 0.15) is 0 Å². The summed E-state index contributed by atoms with van der Waals surface area (Å²) in [6.45, 7) is 0. The molecule has 0 saturated carbocycles. The maximum absolute atomic E-state index is 6.20. The molecule has 0 spiro atoms. The van der Waals surface area contributed by atoms with Crippen LogP contribution in [0.5, 0.6) is 5.88 Å². The van der Waals surface area contributed by atoms with Gasteiger partial charge in [0.15, 0.2) is 5.65 Å². The summed E-state index contributed by atoms with van der Waals surface area (Å²) >= 11 is 12.1. The predicted molar refractivity (Wildman–Crippen MR) is 75.0 cm³/mol. The molecule has 2 heterocycles. The number of methoxy groups -OCH3 is 1.